The summed E-state index contributed by atoms with van der Waals surface area (Å²) < 4.78 is 13.0. The molecule has 1 aliphatic heterocycles. The number of amides is 1. The van der Waals surface area contributed by atoms with E-state index in [2.05, 4.69) is 16.4 Å². The molecule has 2 heterocycles. The van der Waals surface area contributed by atoms with Gasteiger partial charge in [-0.15, -0.1) is 0 Å². The van der Waals surface area contributed by atoms with Crippen LogP contribution in [-0.2, 0) is 11.3 Å². The summed E-state index contributed by atoms with van der Waals surface area (Å²) in [6, 6.07) is 17.0. The minimum Gasteiger partial charge on any atom is -0.358 e. The maximum Gasteiger partial charge on any atom is 0.245 e. The molecule has 3 aromatic rings. The van der Waals surface area contributed by atoms with E-state index < -0.39 is 0 Å². The Hall–Kier alpha value is -3.46. The highest BCUT2D eigenvalue weighted by Crippen LogP contribution is 2.21. The van der Waals surface area contributed by atoms with Crippen LogP contribution in [0, 0.1) is 17.1 Å². The Bertz CT molecular complexity index is 1040. The topological polar surface area (TPSA) is 69.0 Å². The van der Waals surface area contributed by atoms with Crippen LogP contribution in [0.15, 0.2) is 54.6 Å². The van der Waals surface area contributed by atoms with Crippen molar-refractivity contribution in [3.8, 4) is 6.07 Å². The molecule has 6 heteroatoms. The molecular weight excluding hydrogens is 343 g/mol. The van der Waals surface area contributed by atoms with Crippen molar-refractivity contribution in [3.63, 3.8) is 0 Å². The van der Waals surface area contributed by atoms with Gasteiger partial charge in [-0.3, -0.25) is 4.79 Å². The molecule has 0 saturated carbocycles. The maximum atomic E-state index is 13.0. The van der Waals surface area contributed by atoms with Crippen LogP contribution < -0.4 is 5.32 Å². The number of benzene rings is 2. The Morgan fingerprint density at radius 1 is 1.19 bits per heavy atom. The van der Waals surface area contributed by atoms with Crippen molar-refractivity contribution >= 4 is 22.6 Å². The number of nitriles is 1. The van der Waals surface area contributed by atoms with Crippen LogP contribution in [0.3, 0.4) is 0 Å². The number of nitrogens with zero attached hydrogens (tertiary/aromatic N) is 3. The van der Waals surface area contributed by atoms with Crippen LogP contribution in [0.1, 0.15) is 17.5 Å². The normalized spacial score (nSPS) is 16.5. The van der Waals surface area contributed by atoms with E-state index in [1.54, 1.807) is 35.2 Å². The van der Waals surface area contributed by atoms with Gasteiger partial charge in [0, 0.05) is 18.5 Å². The Balaban J connectivity index is 1.45. The molecule has 0 aliphatic carbocycles. The standard InChI is InChI=1S/C21H17FN4O/c22-17-5-1-14(2-6-17)13-26-10-9-19(21(26)27)25-20-8-4-16-11-15(12-23)3-7-18(16)24-20/h1-8,11,19H,9-10,13H2,(H,24,25). The molecule has 2 aromatic carbocycles. The van der Waals surface area contributed by atoms with Crippen LogP contribution in [-0.4, -0.2) is 28.4 Å². The first kappa shape index (κ1) is 17.0. The number of anilines is 1. The van der Waals surface area contributed by atoms with Crippen molar-refractivity contribution in [1.29, 1.82) is 5.26 Å². The van der Waals surface area contributed by atoms with Crippen LogP contribution >= 0.6 is 0 Å². The highest BCUT2D eigenvalue weighted by atomic mass is 19.1. The summed E-state index contributed by atoms with van der Waals surface area (Å²) in [6.07, 6.45) is 0.688. The number of nitrogens with one attached hydrogen (secondary N) is 1. The van der Waals surface area contributed by atoms with Crippen LogP contribution in [0.2, 0.25) is 0 Å². The SMILES string of the molecule is N#Cc1ccc2nc(NC3CCN(Cc4ccc(F)cc4)C3=O)ccc2c1. The number of halogens is 1. The Labute approximate surface area is 156 Å². The molecule has 1 aliphatic rings. The smallest absolute Gasteiger partial charge is 0.245 e. The van der Waals surface area contributed by atoms with Gasteiger partial charge in [-0.2, -0.15) is 5.26 Å². The minimum atomic E-state index is -0.325. The molecule has 1 fully saturated rings. The van der Waals surface area contributed by atoms with E-state index in [9.17, 15) is 9.18 Å². The fourth-order valence-corrected chi connectivity index (χ4v) is 3.29. The van der Waals surface area contributed by atoms with Crippen molar-refractivity contribution in [3.05, 3.63) is 71.5 Å². The second-order valence-electron chi connectivity index (χ2n) is 6.59. The first-order valence-electron chi connectivity index (χ1n) is 8.73. The number of carbonyl (C=O) groups is 1. The van der Waals surface area contributed by atoms with Crippen LogP contribution in [0.4, 0.5) is 10.2 Å². The van der Waals surface area contributed by atoms with Crippen molar-refractivity contribution in [1.82, 2.24) is 9.88 Å². The van der Waals surface area contributed by atoms with Crippen molar-refractivity contribution in [2.75, 3.05) is 11.9 Å². The molecule has 1 unspecified atom stereocenters. The van der Waals surface area contributed by atoms with Gasteiger partial charge in [-0.05, 0) is 54.4 Å². The van der Waals surface area contributed by atoms with Gasteiger partial charge in [0.25, 0.3) is 0 Å². The molecule has 1 saturated heterocycles. The number of hydrogen-bond donors (Lipinski definition) is 1. The molecule has 0 spiro atoms. The number of carbonyl (C=O) groups excluding carboxylic acids is 1. The number of rotatable bonds is 4. The zero-order valence-electron chi connectivity index (χ0n) is 14.5. The molecule has 134 valence electrons. The maximum absolute atomic E-state index is 13.0. The van der Waals surface area contributed by atoms with Gasteiger partial charge in [0.2, 0.25) is 5.91 Å². The molecule has 5 nitrogen and oxygen atoms in total. The fourth-order valence-electron chi connectivity index (χ4n) is 3.29. The highest BCUT2D eigenvalue weighted by Gasteiger charge is 2.31. The molecular formula is C21H17FN4O. The zero-order valence-corrected chi connectivity index (χ0v) is 14.5. The first-order valence-corrected chi connectivity index (χ1v) is 8.73. The molecule has 1 N–H and O–H groups in total. The van der Waals surface area contributed by atoms with Gasteiger partial charge >= 0.3 is 0 Å². The number of fused-ring (bicyclic) bond motifs is 1. The lowest BCUT2D eigenvalue weighted by molar-refractivity contribution is -0.128. The summed E-state index contributed by atoms with van der Waals surface area (Å²) in [5.74, 6) is 0.366. The molecule has 1 atom stereocenters. The lowest BCUT2D eigenvalue weighted by Gasteiger charge is -2.17. The summed E-state index contributed by atoms with van der Waals surface area (Å²) in [4.78, 5) is 19.0. The predicted molar refractivity (Wildman–Crippen MR) is 100 cm³/mol. The average molecular weight is 360 g/mol. The lowest BCUT2D eigenvalue weighted by Crippen LogP contribution is -2.33. The quantitative estimate of drug-likeness (QED) is 0.774. The monoisotopic (exact) mass is 360 g/mol. The number of hydrogen-bond acceptors (Lipinski definition) is 4. The fraction of sp³-hybridized carbons (Fsp3) is 0.190. The van der Waals surface area contributed by atoms with E-state index in [4.69, 9.17) is 5.26 Å². The van der Waals surface area contributed by atoms with E-state index >= 15 is 0 Å². The third-order valence-corrected chi connectivity index (χ3v) is 4.72. The van der Waals surface area contributed by atoms with E-state index in [0.29, 0.717) is 30.9 Å². The Kier molecular flexibility index (Phi) is 4.43. The number of pyridine rings is 1. The van der Waals surface area contributed by atoms with Gasteiger partial charge in [0.05, 0.1) is 17.1 Å². The molecule has 4 rings (SSSR count). The van der Waals surface area contributed by atoms with Crippen molar-refractivity contribution in [2.45, 2.75) is 19.0 Å². The lowest BCUT2D eigenvalue weighted by atomic mass is 10.1. The van der Waals surface area contributed by atoms with E-state index in [1.807, 2.05) is 12.1 Å². The second-order valence-corrected chi connectivity index (χ2v) is 6.59. The average Bonchev–Trinajstić information content (AvgIpc) is 3.03. The Morgan fingerprint density at radius 2 is 2.00 bits per heavy atom. The molecule has 27 heavy (non-hydrogen) atoms. The molecule has 1 amide bonds. The third kappa shape index (κ3) is 3.58. The summed E-state index contributed by atoms with van der Waals surface area (Å²) in [6.45, 7) is 1.12. The largest absolute Gasteiger partial charge is 0.358 e. The van der Waals surface area contributed by atoms with Gasteiger partial charge in [0.1, 0.15) is 17.7 Å². The second kappa shape index (κ2) is 7.04. The van der Waals surface area contributed by atoms with E-state index in [1.165, 1.54) is 12.1 Å². The molecule has 1 aromatic heterocycles. The third-order valence-electron chi connectivity index (χ3n) is 4.72. The van der Waals surface area contributed by atoms with Crippen LogP contribution in [0.5, 0.6) is 0 Å². The van der Waals surface area contributed by atoms with Crippen molar-refractivity contribution in [2.24, 2.45) is 0 Å². The molecule has 0 radical (unpaired) electrons. The zero-order chi connectivity index (χ0) is 18.8. The highest BCUT2D eigenvalue weighted by molar-refractivity contribution is 5.87. The summed E-state index contributed by atoms with van der Waals surface area (Å²) >= 11 is 0. The van der Waals surface area contributed by atoms with E-state index in [0.717, 1.165) is 16.5 Å². The number of aromatic nitrogens is 1. The first-order chi connectivity index (χ1) is 13.1. The number of likely N-dealkylation sites (tertiary alicyclic amines) is 1. The van der Waals surface area contributed by atoms with Gasteiger partial charge < -0.3 is 10.2 Å². The predicted octanol–water partition coefficient (Wildman–Crippen LogP) is 3.46. The minimum absolute atomic E-state index is 0.0149. The Morgan fingerprint density at radius 3 is 2.78 bits per heavy atom. The van der Waals surface area contributed by atoms with Crippen molar-refractivity contribution < 1.29 is 9.18 Å². The summed E-state index contributed by atoms with van der Waals surface area (Å²) in [5, 5.41) is 13.1. The molecule has 0 bridgehead atoms. The van der Waals surface area contributed by atoms with Crippen LogP contribution in [0.25, 0.3) is 10.9 Å². The van der Waals surface area contributed by atoms with Gasteiger partial charge in [-0.25, -0.2) is 9.37 Å². The summed E-state index contributed by atoms with van der Waals surface area (Å²) in [7, 11) is 0. The summed E-state index contributed by atoms with van der Waals surface area (Å²) in [5.41, 5.74) is 2.27. The van der Waals surface area contributed by atoms with Gasteiger partial charge in [0.15, 0.2) is 0 Å². The van der Waals surface area contributed by atoms with Gasteiger partial charge in [-0.1, -0.05) is 12.1 Å². The van der Waals surface area contributed by atoms with E-state index in [-0.39, 0.29) is 17.8 Å².